The first-order valence-corrected chi connectivity index (χ1v) is 17.2. The number of carboxylic acids is 1. The molecule has 4 aromatic rings. The predicted octanol–water partition coefficient (Wildman–Crippen LogP) is 7.58. The van der Waals surface area contributed by atoms with E-state index in [1.54, 1.807) is 24.9 Å². The second-order valence-electron chi connectivity index (χ2n) is 13.3. The number of carbonyl (C=O) groups is 1. The molecule has 0 spiro atoms. The predicted molar refractivity (Wildman–Crippen MR) is 190 cm³/mol. The number of fused-ring (bicyclic) bond motifs is 5. The van der Waals surface area contributed by atoms with Crippen molar-refractivity contribution in [2.75, 3.05) is 18.6 Å². The molecule has 0 aliphatic carbocycles. The van der Waals surface area contributed by atoms with Crippen LogP contribution in [0, 0.1) is 23.0 Å². The lowest BCUT2D eigenvalue weighted by atomic mass is 9.80. The Bertz CT molecular complexity index is 1870. The number of H-pyrrole nitrogens is 1. The normalized spacial score (nSPS) is 20.6. The maximum absolute atomic E-state index is 15.6. The van der Waals surface area contributed by atoms with Gasteiger partial charge in [-0.05, 0) is 78.0 Å². The van der Waals surface area contributed by atoms with Crippen molar-refractivity contribution in [1.82, 2.24) is 4.98 Å². The Morgan fingerprint density at radius 2 is 1.94 bits per heavy atom. The van der Waals surface area contributed by atoms with Gasteiger partial charge in [0.2, 0.25) is 0 Å². The maximum atomic E-state index is 15.6. The number of benzene rings is 3. The van der Waals surface area contributed by atoms with Gasteiger partial charge in [0.25, 0.3) is 0 Å². The number of aryl methyl sites for hydroxylation is 1. The van der Waals surface area contributed by atoms with Crippen LogP contribution < -0.4 is 16.2 Å². The van der Waals surface area contributed by atoms with Gasteiger partial charge >= 0.3 is 5.97 Å². The minimum Gasteiger partial charge on any atom is -0.481 e. The Kier molecular flexibility index (Phi) is 10.6. The summed E-state index contributed by atoms with van der Waals surface area (Å²) in [4.78, 5) is 23.6. The molecule has 1 aliphatic heterocycles. The second kappa shape index (κ2) is 14.5. The van der Waals surface area contributed by atoms with Gasteiger partial charge in [-0.25, -0.2) is 13.8 Å². The molecule has 8 nitrogen and oxygen atoms in total. The molecule has 2 atom stereocenters. The lowest BCUT2D eigenvalue weighted by Gasteiger charge is -2.32. The van der Waals surface area contributed by atoms with E-state index in [4.69, 9.17) is 16.2 Å². The van der Waals surface area contributed by atoms with Crippen molar-refractivity contribution in [3.63, 3.8) is 0 Å². The summed E-state index contributed by atoms with van der Waals surface area (Å²) in [5.41, 5.74) is 15.5. The molecule has 5 rings (SSSR count). The third-order valence-electron chi connectivity index (χ3n) is 8.98. The summed E-state index contributed by atoms with van der Waals surface area (Å²) in [6, 6.07) is 14.9. The van der Waals surface area contributed by atoms with Crippen LogP contribution in [0.1, 0.15) is 62.3 Å². The molecule has 3 aromatic carbocycles. The Hall–Kier alpha value is -4.22. The van der Waals surface area contributed by atoms with Gasteiger partial charge in [-0.15, -0.1) is 0 Å². The summed E-state index contributed by atoms with van der Waals surface area (Å²) in [5.74, 6) is -0.652. The number of halogens is 2. The first-order chi connectivity index (χ1) is 22.8. The molecule has 0 saturated carbocycles. The number of aliphatic imine (C=N–C) groups is 2. The number of thioether (sulfide) groups is 1. The Morgan fingerprint density at radius 3 is 2.69 bits per heavy atom. The first kappa shape index (κ1) is 35.1. The van der Waals surface area contributed by atoms with Crippen LogP contribution in [-0.4, -0.2) is 46.3 Å². The average molecular weight is 676 g/mol. The molecule has 2 heterocycles. The van der Waals surface area contributed by atoms with Gasteiger partial charge in [-0.3, -0.25) is 9.79 Å². The van der Waals surface area contributed by atoms with E-state index >= 15 is 8.78 Å². The van der Waals surface area contributed by atoms with Gasteiger partial charge in [0.1, 0.15) is 17.4 Å². The number of rotatable bonds is 4. The standard InChI is InChI=1S/C37H43F2N5O3S/c1-22(34(45)46)17-23-7-5-8-24(18-23)37(41)14-6-13-36(2,3)21-48-16-12-27-26-11-15-43-31(26)20-30(39)32(27)47-25-9-10-29(38)28(19-25)33(42-4)44-35(37)40/h5,7-11,15,18-20,22,43H,6,12-14,16-17,21,41H2,1-4H3,(H,45,46)(H2,40,42,44). The summed E-state index contributed by atoms with van der Waals surface area (Å²) in [6.07, 6.45) is 4.66. The van der Waals surface area contributed by atoms with E-state index in [-0.39, 0.29) is 34.1 Å². The van der Waals surface area contributed by atoms with Crippen molar-refractivity contribution in [3.8, 4) is 11.5 Å². The lowest BCUT2D eigenvalue weighted by molar-refractivity contribution is -0.141. The second-order valence-corrected chi connectivity index (χ2v) is 14.4. The molecule has 2 bridgehead atoms. The third-order valence-corrected chi connectivity index (χ3v) is 10.5. The van der Waals surface area contributed by atoms with Crippen molar-refractivity contribution >= 4 is 40.3 Å². The molecular weight excluding hydrogens is 633 g/mol. The van der Waals surface area contributed by atoms with E-state index in [0.29, 0.717) is 36.8 Å². The molecule has 1 aliphatic rings. The van der Waals surface area contributed by atoms with Crippen LogP contribution in [0.5, 0.6) is 11.5 Å². The van der Waals surface area contributed by atoms with Crippen LogP contribution in [0.2, 0.25) is 0 Å². The van der Waals surface area contributed by atoms with E-state index in [9.17, 15) is 9.90 Å². The molecule has 0 amide bonds. The van der Waals surface area contributed by atoms with Crippen LogP contribution in [0.25, 0.3) is 10.9 Å². The molecule has 0 radical (unpaired) electrons. The van der Waals surface area contributed by atoms with Gasteiger partial charge in [-0.2, -0.15) is 11.8 Å². The summed E-state index contributed by atoms with van der Waals surface area (Å²) < 4.78 is 37.2. The van der Waals surface area contributed by atoms with E-state index in [2.05, 4.69) is 28.8 Å². The number of carboxylic acid groups (broad SMARTS) is 1. The lowest BCUT2D eigenvalue weighted by Crippen LogP contribution is -2.50. The number of nitrogens with two attached hydrogens (primary N) is 2. The fourth-order valence-electron chi connectivity index (χ4n) is 6.16. The van der Waals surface area contributed by atoms with Gasteiger partial charge in [0.15, 0.2) is 17.4 Å². The first-order valence-electron chi connectivity index (χ1n) is 16.1. The number of ether oxygens (including phenoxy) is 1. The number of aliphatic carboxylic acids is 1. The zero-order valence-corrected chi connectivity index (χ0v) is 28.6. The summed E-state index contributed by atoms with van der Waals surface area (Å²) in [6.45, 7) is 6.07. The number of nitrogens with one attached hydrogen (secondary N) is 1. The van der Waals surface area contributed by atoms with E-state index in [1.807, 2.05) is 30.3 Å². The van der Waals surface area contributed by atoms with Crippen LogP contribution in [0.3, 0.4) is 0 Å². The van der Waals surface area contributed by atoms with Gasteiger partial charge in [0, 0.05) is 35.8 Å². The highest BCUT2D eigenvalue weighted by molar-refractivity contribution is 7.99. The minimum atomic E-state index is -1.26. The molecule has 0 fully saturated rings. The molecule has 254 valence electrons. The summed E-state index contributed by atoms with van der Waals surface area (Å²) >= 11 is 1.80. The molecule has 6 N–H and O–H groups in total. The SMILES string of the molecule is CN=C1N=C(N)C(N)(c2cccc(CC(C)C(=O)O)c2)CCCC(C)(C)CSCCc2c(c(F)cc3[nH]ccc23)Oc2ccc(F)c1c2. The largest absolute Gasteiger partial charge is 0.481 e. The van der Waals surface area contributed by atoms with Crippen LogP contribution in [-0.2, 0) is 23.2 Å². The van der Waals surface area contributed by atoms with Crippen LogP contribution in [0.15, 0.2) is 70.8 Å². The van der Waals surface area contributed by atoms with Crippen LogP contribution >= 0.6 is 11.8 Å². The van der Waals surface area contributed by atoms with E-state index in [0.717, 1.165) is 34.4 Å². The highest BCUT2D eigenvalue weighted by Crippen LogP contribution is 2.38. The number of aromatic amines is 1. The topological polar surface area (TPSA) is 139 Å². The van der Waals surface area contributed by atoms with Gasteiger partial charge in [-0.1, -0.05) is 51.5 Å². The fourth-order valence-corrected chi connectivity index (χ4v) is 7.35. The van der Waals surface area contributed by atoms with Crippen molar-refractivity contribution in [3.05, 3.63) is 94.7 Å². The monoisotopic (exact) mass is 675 g/mol. The Labute approximate surface area is 284 Å². The molecular formula is C37H43F2N5O3S. The van der Waals surface area contributed by atoms with Crippen molar-refractivity contribution in [2.24, 2.45) is 32.8 Å². The van der Waals surface area contributed by atoms with Crippen LogP contribution in [0.4, 0.5) is 8.78 Å². The highest BCUT2D eigenvalue weighted by Gasteiger charge is 2.34. The number of aromatic nitrogens is 1. The van der Waals surface area contributed by atoms with E-state index in [1.165, 1.54) is 31.3 Å². The van der Waals surface area contributed by atoms with Gasteiger partial charge in [0.05, 0.1) is 17.0 Å². The van der Waals surface area contributed by atoms with Crippen molar-refractivity contribution < 1.29 is 23.4 Å². The maximum Gasteiger partial charge on any atom is 0.306 e. The number of hydrogen-bond donors (Lipinski definition) is 4. The molecule has 0 saturated heterocycles. The molecule has 48 heavy (non-hydrogen) atoms. The van der Waals surface area contributed by atoms with Crippen molar-refractivity contribution in [2.45, 2.75) is 58.4 Å². The zero-order chi connectivity index (χ0) is 34.6. The summed E-state index contributed by atoms with van der Waals surface area (Å²) in [5, 5.41) is 10.4. The third kappa shape index (κ3) is 7.73. The molecule has 1 aromatic heterocycles. The van der Waals surface area contributed by atoms with Gasteiger partial charge < -0.3 is 26.3 Å². The number of hydrogen-bond acceptors (Lipinski definition) is 6. The Balaban J connectivity index is 1.61. The Morgan fingerprint density at radius 1 is 1.15 bits per heavy atom. The highest BCUT2D eigenvalue weighted by atomic mass is 32.2. The number of nitrogens with zero attached hydrogens (tertiary/aromatic N) is 2. The summed E-state index contributed by atoms with van der Waals surface area (Å²) in [7, 11) is 1.48. The molecule has 11 heteroatoms. The fraction of sp³-hybridized carbons (Fsp3) is 0.378. The van der Waals surface area contributed by atoms with E-state index < -0.39 is 29.1 Å². The average Bonchev–Trinajstić information content (AvgIpc) is 3.51. The minimum absolute atomic E-state index is 0.000516. The molecule has 2 unspecified atom stereocenters. The number of amidine groups is 2. The quantitative estimate of drug-likeness (QED) is 0.176. The smallest absolute Gasteiger partial charge is 0.306 e. The zero-order valence-electron chi connectivity index (χ0n) is 27.8. The van der Waals surface area contributed by atoms with Crippen molar-refractivity contribution in [1.29, 1.82) is 0 Å².